The number of alkyl halides is 4. The van der Waals surface area contributed by atoms with Crippen molar-refractivity contribution < 1.29 is 70.7 Å². The van der Waals surface area contributed by atoms with E-state index in [2.05, 4.69) is 22.9 Å². The highest BCUT2D eigenvalue weighted by Crippen LogP contribution is 2.50. The maximum Gasteiger partial charge on any atom is 0.393 e. The lowest BCUT2D eigenvalue weighted by Crippen LogP contribution is -2.71. The third-order valence-electron chi connectivity index (χ3n) is 24.1. The van der Waals surface area contributed by atoms with Crippen LogP contribution < -0.4 is 16.0 Å². The second kappa shape index (κ2) is 35.7. The Morgan fingerprint density at radius 2 is 1.30 bits per heavy atom. The van der Waals surface area contributed by atoms with Gasteiger partial charge in [-0.1, -0.05) is 106 Å². The summed E-state index contributed by atoms with van der Waals surface area (Å²) in [7, 11) is 10.2. The summed E-state index contributed by atoms with van der Waals surface area (Å²) < 4.78 is 42.3. The van der Waals surface area contributed by atoms with Crippen molar-refractivity contribution in [1.82, 2.24) is 60.0 Å². The van der Waals surface area contributed by atoms with Gasteiger partial charge >= 0.3 is 6.18 Å². The van der Waals surface area contributed by atoms with Gasteiger partial charge in [0.2, 0.25) is 70.9 Å². The summed E-state index contributed by atoms with van der Waals surface area (Å²) in [5.41, 5.74) is -2.10. The topological polar surface area (TPSA) is 270 Å². The molecule has 0 aromatic rings. The van der Waals surface area contributed by atoms with Crippen molar-refractivity contribution in [3.63, 3.8) is 0 Å². The average Bonchev–Trinajstić information content (AvgIpc) is 1.47. The van der Waals surface area contributed by atoms with Gasteiger partial charge in [-0.2, -0.15) is 13.2 Å². The molecule has 24 nitrogen and oxygen atoms in total. The third-order valence-corrected chi connectivity index (χ3v) is 24.5. The van der Waals surface area contributed by atoms with Gasteiger partial charge in [0.05, 0.1) is 25.4 Å². The Kier molecular flexibility index (Phi) is 29.0. The minimum atomic E-state index is -4.52. The lowest BCUT2D eigenvalue weighted by atomic mass is 9.58. The molecule has 3 unspecified atom stereocenters. The second-order valence-electron chi connectivity index (χ2n) is 32.5. The minimum Gasteiger partial charge on any atom is -0.344 e. The first-order valence-electron chi connectivity index (χ1n) is 38.0. The molecule has 1 spiro atoms. The molecule has 0 aromatic carbocycles. The van der Waals surface area contributed by atoms with Gasteiger partial charge in [0.15, 0.2) is 0 Å². The van der Waals surface area contributed by atoms with E-state index < -0.39 is 179 Å². The number of rotatable bonds is 11. The van der Waals surface area contributed by atoms with E-state index in [1.807, 2.05) is 33.8 Å². The monoisotopic (exact) mass is 1470 g/mol. The van der Waals surface area contributed by atoms with E-state index in [0.29, 0.717) is 31.6 Å². The largest absolute Gasteiger partial charge is 0.393 e. The smallest absolute Gasteiger partial charge is 0.344 e. The van der Waals surface area contributed by atoms with Gasteiger partial charge in [-0.3, -0.25) is 57.5 Å². The van der Waals surface area contributed by atoms with Crippen molar-refractivity contribution in [2.45, 2.75) is 262 Å². The summed E-state index contributed by atoms with van der Waals surface area (Å²) in [5, 5.41) is 7.63. The fraction of sp³-hybridized carbons (Fsp3) is 0.813. The molecular weight excluding hydrogens is 1350 g/mol. The van der Waals surface area contributed by atoms with Gasteiger partial charge in [-0.15, -0.1) is 11.6 Å². The van der Waals surface area contributed by atoms with Crippen LogP contribution in [0.5, 0.6) is 0 Å². The molecule has 3 N–H and O–H groups in total. The first-order valence-corrected chi connectivity index (χ1v) is 38.4. The van der Waals surface area contributed by atoms with E-state index in [-0.39, 0.29) is 108 Å². The number of nitrogens with one attached hydrogen (secondary N) is 3. The first-order chi connectivity index (χ1) is 48.3. The summed E-state index contributed by atoms with van der Waals surface area (Å²) >= 11 is 6.45. The van der Waals surface area contributed by atoms with Crippen LogP contribution in [0.25, 0.3) is 0 Å². The highest BCUT2D eigenvalue weighted by atomic mass is 35.5. The molecule has 0 aromatic heterocycles. The lowest BCUT2D eigenvalue weighted by Gasteiger charge is -2.54. The van der Waals surface area contributed by atoms with Crippen LogP contribution >= 0.6 is 11.6 Å². The van der Waals surface area contributed by atoms with E-state index in [1.165, 1.54) is 93.4 Å². The van der Waals surface area contributed by atoms with Gasteiger partial charge in [-0.05, 0) is 138 Å². The third kappa shape index (κ3) is 20.1. The fourth-order valence-corrected chi connectivity index (χ4v) is 18.0. The molecule has 4 aliphatic carbocycles. The molecule has 13 atom stereocenters. The van der Waals surface area contributed by atoms with Crippen molar-refractivity contribution in [1.29, 1.82) is 0 Å². The summed E-state index contributed by atoms with van der Waals surface area (Å²) in [6, 6.07) is -9.85. The molecule has 0 radical (unpaired) electrons. The number of likely N-dealkylation sites (N-methyl/N-ethyl adjacent to an activating group) is 7. The molecule has 28 heteroatoms. The lowest BCUT2D eigenvalue weighted by molar-refractivity contribution is -0.182. The van der Waals surface area contributed by atoms with Crippen molar-refractivity contribution in [2.24, 2.45) is 46.8 Å². The van der Waals surface area contributed by atoms with E-state index in [4.69, 9.17) is 11.6 Å². The zero-order chi connectivity index (χ0) is 76.5. The quantitative estimate of drug-likeness (QED) is 0.143. The Morgan fingerprint density at radius 3 is 1.89 bits per heavy atom. The van der Waals surface area contributed by atoms with Crippen molar-refractivity contribution in [3.05, 3.63) is 12.2 Å². The van der Waals surface area contributed by atoms with Crippen LogP contribution in [0, 0.1) is 46.8 Å². The van der Waals surface area contributed by atoms with Gasteiger partial charge in [0, 0.05) is 74.3 Å². The fourth-order valence-electron chi connectivity index (χ4n) is 17.5. The standard InChI is InChI=1S/C75H120ClF3N12O12/c1-16-47(6)62-70(101)85(11)42-61(94)87(13)55-26-20-19-23-35-90(69(55)100)58(38-49-29-27-45(4)28-30-49)68(99)84(10)41-59(92)80-53(34-32-48-31-33-51(52(76)37-48)75(77,78)79)66(97)91-40-46(5)36-56(91)65(96)82-74(43-73(7,8)44-74)72(103)89(15)63(50-24-21-22-25-50)71(102)88(14)57(67(98)83(9)18-3)39-60(93)86(12)54(17-2)64(95)81-62/h19-20,45-58,62-63H,16-18,21-44H2,1-15H3,(H,80,92)(H,81,95)(H,82,96)/b20-19-/t45?,46-,47-,48?,49?,51?,52?,53-,54-,55-,56-,57-,58-,62-,63-/m0/s1. The molecule has 4 saturated carbocycles. The molecule has 6 fully saturated rings. The van der Waals surface area contributed by atoms with Gasteiger partial charge in [-0.25, -0.2) is 0 Å². The Balaban J connectivity index is 1.31. The Morgan fingerprint density at radius 1 is 0.670 bits per heavy atom. The maximum atomic E-state index is 15.7. The molecule has 12 amide bonds. The summed E-state index contributed by atoms with van der Waals surface area (Å²) in [6.45, 7) is 14.1. The SMILES string of the molecule is CC[C@H](C)[C@@H]1NC(=O)[C@H](CC)N(C)C(=O)C[C@@H](C(=O)N(C)CC)N(C)C(=O)[C@H](C2CCCC2)N(C)C(=O)C2(CC(C)(C)C2)NC(=O)[C@@H]2C[C@H](C)CN2C(=O)[C@H](CCC2CCC(C(F)(F)F)C(Cl)C2)NC(=O)CN(C)C(=O)[C@H](CC2CCC(C)CC2)N2CC/C=C\C[C@@H](C2=O)N(C)C(=O)CN(C)C1=O. The van der Waals surface area contributed by atoms with E-state index in [9.17, 15) is 41.9 Å². The van der Waals surface area contributed by atoms with E-state index in [1.54, 1.807) is 26.8 Å². The van der Waals surface area contributed by atoms with Crippen molar-refractivity contribution in [3.8, 4) is 0 Å². The van der Waals surface area contributed by atoms with Crippen LogP contribution in [0.2, 0.25) is 0 Å². The number of carbonyl (C=O) groups excluding carboxylic acids is 12. The zero-order valence-electron chi connectivity index (χ0n) is 63.9. The van der Waals surface area contributed by atoms with Crippen LogP contribution in [0.4, 0.5) is 13.2 Å². The number of fused-ring (bicyclic) bond motifs is 3. The number of hydrogen-bond acceptors (Lipinski definition) is 12. The average molecular weight is 1470 g/mol. The molecule has 2 bridgehead atoms. The van der Waals surface area contributed by atoms with Gasteiger partial charge in [0.25, 0.3) is 0 Å². The minimum absolute atomic E-state index is 0.00584. The van der Waals surface area contributed by atoms with Crippen LogP contribution in [-0.4, -0.2) is 262 Å². The summed E-state index contributed by atoms with van der Waals surface area (Å²) in [6.07, 6.45) is 5.99. The highest BCUT2D eigenvalue weighted by molar-refractivity contribution is 6.21. The molecule has 3 aliphatic heterocycles. The predicted octanol–water partition coefficient (Wildman–Crippen LogP) is 6.75. The number of nitrogens with zero attached hydrogens (tertiary/aromatic N) is 9. The van der Waals surface area contributed by atoms with Crippen LogP contribution in [0.1, 0.15) is 197 Å². The Hall–Kier alpha value is -6.54. The molecule has 2 saturated heterocycles. The highest BCUT2D eigenvalue weighted by Gasteiger charge is 2.59. The molecule has 3 heterocycles. The Labute approximate surface area is 613 Å². The molecule has 7 rings (SSSR count). The van der Waals surface area contributed by atoms with Crippen molar-refractivity contribution in [2.75, 3.05) is 82.1 Å². The molecule has 580 valence electrons. The predicted molar refractivity (Wildman–Crippen MR) is 384 cm³/mol. The van der Waals surface area contributed by atoms with Crippen molar-refractivity contribution >= 4 is 82.5 Å². The molecule has 7 aliphatic rings. The Bertz CT molecular complexity index is 3100. The molecule has 103 heavy (non-hydrogen) atoms. The van der Waals surface area contributed by atoms with Gasteiger partial charge < -0.3 is 60.0 Å². The molecular formula is C75H120ClF3N12O12. The number of hydrogen-bond donors (Lipinski definition) is 3. The maximum absolute atomic E-state index is 15.7. The second-order valence-corrected chi connectivity index (χ2v) is 33.1. The number of amides is 12. The normalized spacial score (nSPS) is 32.5. The zero-order valence-corrected chi connectivity index (χ0v) is 64.7. The summed E-state index contributed by atoms with van der Waals surface area (Å²) in [4.78, 5) is 193. The van der Waals surface area contributed by atoms with Crippen LogP contribution in [0.15, 0.2) is 12.2 Å². The summed E-state index contributed by atoms with van der Waals surface area (Å²) in [5.74, 6) is -10.4. The first kappa shape index (κ1) is 83.7. The van der Waals surface area contributed by atoms with E-state index >= 15 is 28.8 Å². The van der Waals surface area contributed by atoms with Crippen LogP contribution in [-0.2, 0) is 57.5 Å². The number of halogens is 4. The van der Waals surface area contributed by atoms with Gasteiger partial charge in [0.1, 0.15) is 53.9 Å². The van der Waals surface area contributed by atoms with E-state index in [0.717, 1.165) is 38.5 Å². The van der Waals surface area contributed by atoms with Crippen LogP contribution in [0.3, 0.4) is 0 Å². The number of carbonyl (C=O) groups is 12.